The summed E-state index contributed by atoms with van der Waals surface area (Å²) in [5.41, 5.74) is 1.62. The number of amides is 2. The fourth-order valence-corrected chi connectivity index (χ4v) is 4.20. The Bertz CT molecular complexity index is 785. The molecule has 3 saturated heterocycles. The van der Waals surface area contributed by atoms with E-state index < -0.39 is 0 Å². The molecule has 2 amide bonds. The molecule has 0 radical (unpaired) electrons. The lowest BCUT2D eigenvalue weighted by atomic mass is 9.96. The number of carbonyl (C=O) groups excluding carboxylic acids is 2. The zero-order valence-electron chi connectivity index (χ0n) is 17.2. The van der Waals surface area contributed by atoms with E-state index in [4.69, 9.17) is 9.73 Å². The number of carbonyl (C=O) groups is 2. The highest BCUT2D eigenvalue weighted by atomic mass is 127. The van der Waals surface area contributed by atoms with Gasteiger partial charge in [-0.15, -0.1) is 24.0 Å². The quantitative estimate of drug-likeness (QED) is 0.305. The van der Waals surface area contributed by atoms with Gasteiger partial charge in [-0.3, -0.25) is 9.59 Å². The second-order valence-corrected chi connectivity index (χ2v) is 7.83. The van der Waals surface area contributed by atoms with Crippen LogP contribution in [0, 0.1) is 0 Å². The molecule has 0 aliphatic carbocycles. The Morgan fingerprint density at radius 2 is 2.10 bits per heavy atom. The molecule has 3 aliphatic heterocycles. The van der Waals surface area contributed by atoms with Crippen LogP contribution in [0.3, 0.4) is 0 Å². The molecule has 4 rings (SSSR count). The molecule has 30 heavy (non-hydrogen) atoms. The van der Waals surface area contributed by atoms with Crippen molar-refractivity contribution in [2.24, 2.45) is 4.99 Å². The first-order chi connectivity index (χ1) is 14.1. The first-order valence-electron chi connectivity index (χ1n) is 10.5. The van der Waals surface area contributed by atoms with Crippen LogP contribution in [-0.4, -0.2) is 67.1 Å². The maximum absolute atomic E-state index is 12.6. The van der Waals surface area contributed by atoms with E-state index in [0.717, 1.165) is 30.9 Å². The molecule has 3 aliphatic rings. The Labute approximate surface area is 194 Å². The number of hydrogen-bond donors (Lipinski definition) is 3. The van der Waals surface area contributed by atoms with Crippen molar-refractivity contribution in [3.63, 3.8) is 0 Å². The Morgan fingerprint density at radius 1 is 1.30 bits per heavy atom. The molecule has 3 fully saturated rings. The van der Waals surface area contributed by atoms with Gasteiger partial charge in [0.25, 0.3) is 5.91 Å². The maximum atomic E-state index is 12.6. The van der Waals surface area contributed by atoms with Crippen molar-refractivity contribution in [1.82, 2.24) is 20.9 Å². The standard InChI is InChI=1S/C21H29N5O3.HI/c1-2-22-21(25-17-11-16-7-8-18(17)29-16)24-12-14-3-5-15(6-4-14)20(28)26-10-9-23-19(27)13-26;/h3-6,16-18H,2,7-13H2,1H3,(H,23,27)(H2,22,24,25);1H. The van der Waals surface area contributed by atoms with Gasteiger partial charge in [-0.25, -0.2) is 4.99 Å². The number of aliphatic imine (C=N–C) groups is 1. The van der Waals surface area contributed by atoms with E-state index in [9.17, 15) is 9.59 Å². The molecular formula is C21H30IN5O3. The molecule has 3 heterocycles. The summed E-state index contributed by atoms with van der Waals surface area (Å²) in [7, 11) is 0. The number of halogens is 1. The highest BCUT2D eigenvalue weighted by Gasteiger charge is 2.41. The molecule has 8 nitrogen and oxygen atoms in total. The third-order valence-corrected chi connectivity index (χ3v) is 5.72. The zero-order valence-corrected chi connectivity index (χ0v) is 19.6. The summed E-state index contributed by atoms with van der Waals surface area (Å²) >= 11 is 0. The third kappa shape index (κ3) is 5.42. The number of piperazine rings is 1. The van der Waals surface area contributed by atoms with Gasteiger partial charge in [0.15, 0.2) is 5.96 Å². The molecule has 2 bridgehead atoms. The Hall–Kier alpha value is -1.88. The topological polar surface area (TPSA) is 95.1 Å². The van der Waals surface area contributed by atoms with E-state index in [1.807, 2.05) is 24.3 Å². The van der Waals surface area contributed by atoms with Crippen LogP contribution in [-0.2, 0) is 16.1 Å². The normalized spacial score (nSPS) is 25.5. The SMILES string of the molecule is CCNC(=NCc1ccc(C(=O)N2CCNC(=O)C2)cc1)NC1CC2CCC1O2.I. The smallest absolute Gasteiger partial charge is 0.254 e. The number of guanidine groups is 1. The average Bonchev–Trinajstić information content (AvgIpc) is 3.35. The summed E-state index contributed by atoms with van der Waals surface area (Å²) in [6.45, 7) is 4.54. The summed E-state index contributed by atoms with van der Waals surface area (Å²) in [5, 5.41) is 9.54. The predicted octanol–water partition coefficient (Wildman–Crippen LogP) is 1.25. The predicted molar refractivity (Wildman–Crippen MR) is 125 cm³/mol. The van der Waals surface area contributed by atoms with Crippen LogP contribution >= 0.6 is 24.0 Å². The molecule has 0 spiro atoms. The van der Waals surface area contributed by atoms with Crippen molar-refractivity contribution in [2.45, 2.75) is 51.0 Å². The van der Waals surface area contributed by atoms with Crippen LogP contribution in [0.2, 0.25) is 0 Å². The molecular weight excluding hydrogens is 497 g/mol. The second kappa shape index (κ2) is 10.4. The van der Waals surface area contributed by atoms with E-state index in [0.29, 0.717) is 43.4 Å². The van der Waals surface area contributed by atoms with E-state index >= 15 is 0 Å². The largest absolute Gasteiger partial charge is 0.373 e. The lowest BCUT2D eigenvalue weighted by molar-refractivity contribution is -0.123. The fraction of sp³-hybridized carbons (Fsp3) is 0.571. The average molecular weight is 527 g/mol. The van der Waals surface area contributed by atoms with Gasteiger partial charge in [0, 0.05) is 25.2 Å². The number of benzene rings is 1. The van der Waals surface area contributed by atoms with Gasteiger partial charge in [0.05, 0.1) is 31.3 Å². The highest BCUT2D eigenvalue weighted by molar-refractivity contribution is 14.0. The van der Waals surface area contributed by atoms with Crippen molar-refractivity contribution < 1.29 is 14.3 Å². The van der Waals surface area contributed by atoms with Crippen LogP contribution in [0.25, 0.3) is 0 Å². The molecule has 164 valence electrons. The van der Waals surface area contributed by atoms with Crippen LogP contribution in [0.1, 0.15) is 42.1 Å². The number of fused-ring (bicyclic) bond motifs is 2. The number of hydrogen-bond acceptors (Lipinski definition) is 4. The Morgan fingerprint density at radius 3 is 2.73 bits per heavy atom. The van der Waals surface area contributed by atoms with Gasteiger partial charge < -0.3 is 25.6 Å². The van der Waals surface area contributed by atoms with Gasteiger partial charge in [-0.1, -0.05) is 12.1 Å². The summed E-state index contributed by atoms with van der Waals surface area (Å²) in [5.74, 6) is 0.578. The summed E-state index contributed by atoms with van der Waals surface area (Å²) in [6, 6.07) is 7.79. The van der Waals surface area contributed by atoms with Crippen LogP contribution < -0.4 is 16.0 Å². The van der Waals surface area contributed by atoms with Gasteiger partial charge in [-0.05, 0) is 43.9 Å². The highest BCUT2D eigenvalue weighted by Crippen LogP contribution is 2.34. The monoisotopic (exact) mass is 527 g/mol. The summed E-state index contributed by atoms with van der Waals surface area (Å²) in [6.07, 6.45) is 4.03. The minimum absolute atomic E-state index is 0. The summed E-state index contributed by atoms with van der Waals surface area (Å²) < 4.78 is 5.91. The van der Waals surface area contributed by atoms with Crippen molar-refractivity contribution in [3.8, 4) is 0 Å². The molecule has 1 aromatic rings. The van der Waals surface area contributed by atoms with E-state index in [1.165, 1.54) is 6.42 Å². The fourth-order valence-electron chi connectivity index (χ4n) is 4.20. The molecule has 0 aromatic heterocycles. The third-order valence-electron chi connectivity index (χ3n) is 5.72. The number of nitrogens with zero attached hydrogens (tertiary/aromatic N) is 2. The molecule has 1 aromatic carbocycles. The Balaban J connectivity index is 0.00000256. The van der Waals surface area contributed by atoms with Crippen LogP contribution in [0.15, 0.2) is 29.3 Å². The second-order valence-electron chi connectivity index (χ2n) is 7.83. The van der Waals surface area contributed by atoms with Gasteiger partial charge in [0.1, 0.15) is 0 Å². The minimum atomic E-state index is -0.111. The van der Waals surface area contributed by atoms with Crippen molar-refractivity contribution >= 4 is 41.8 Å². The van der Waals surface area contributed by atoms with Crippen molar-refractivity contribution in [1.29, 1.82) is 0 Å². The minimum Gasteiger partial charge on any atom is -0.373 e. The summed E-state index contributed by atoms with van der Waals surface area (Å²) in [4.78, 5) is 30.3. The molecule has 0 saturated carbocycles. The number of ether oxygens (including phenoxy) is 1. The Kier molecular flexibility index (Phi) is 7.93. The first kappa shape index (κ1) is 22.8. The van der Waals surface area contributed by atoms with Gasteiger partial charge in [0.2, 0.25) is 5.91 Å². The lowest BCUT2D eigenvalue weighted by Crippen LogP contribution is -2.49. The van der Waals surface area contributed by atoms with Gasteiger partial charge >= 0.3 is 0 Å². The number of nitrogens with one attached hydrogen (secondary N) is 3. The van der Waals surface area contributed by atoms with E-state index in [2.05, 4.69) is 22.9 Å². The zero-order chi connectivity index (χ0) is 20.2. The molecule has 3 unspecified atom stereocenters. The molecule has 9 heteroatoms. The molecule has 3 N–H and O–H groups in total. The van der Waals surface area contributed by atoms with Gasteiger partial charge in [-0.2, -0.15) is 0 Å². The number of rotatable bonds is 5. The van der Waals surface area contributed by atoms with E-state index in [1.54, 1.807) is 4.90 Å². The maximum Gasteiger partial charge on any atom is 0.254 e. The van der Waals surface area contributed by atoms with Crippen molar-refractivity contribution in [2.75, 3.05) is 26.2 Å². The lowest BCUT2D eigenvalue weighted by Gasteiger charge is -2.26. The molecule has 3 atom stereocenters. The van der Waals surface area contributed by atoms with Crippen LogP contribution in [0.4, 0.5) is 0 Å². The van der Waals surface area contributed by atoms with Crippen molar-refractivity contribution in [3.05, 3.63) is 35.4 Å². The van der Waals surface area contributed by atoms with Crippen LogP contribution in [0.5, 0.6) is 0 Å². The van der Waals surface area contributed by atoms with E-state index in [-0.39, 0.29) is 42.3 Å². The first-order valence-corrected chi connectivity index (χ1v) is 10.5.